The van der Waals surface area contributed by atoms with Crippen molar-refractivity contribution in [1.29, 1.82) is 0 Å². The monoisotopic (exact) mass is 492 g/mol. The smallest absolute Gasteiger partial charge is 0.342 e. The van der Waals surface area contributed by atoms with Gasteiger partial charge in [0.25, 0.3) is 0 Å². The fourth-order valence-electron chi connectivity index (χ4n) is 4.54. The van der Waals surface area contributed by atoms with Gasteiger partial charge >= 0.3 is 11.6 Å². The summed E-state index contributed by atoms with van der Waals surface area (Å²) in [7, 11) is 0. The first-order chi connectivity index (χ1) is 16.2. The van der Waals surface area contributed by atoms with Crippen LogP contribution < -0.4 is 5.63 Å². The molecule has 0 spiro atoms. The third-order valence-corrected chi connectivity index (χ3v) is 6.80. The number of allylic oxidation sites excluding steroid dienone is 3. The maximum atomic E-state index is 12.0. The highest BCUT2D eigenvalue weighted by Gasteiger charge is 2.24. The summed E-state index contributed by atoms with van der Waals surface area (Å²) in [4.78, 5) is 23.8. The number of hydrogen-bond donors (Lipinski definition) is 4. The number of carbonyl (C=O) groups is 1. The Morgan fingerprint density at radius 3 is 2.34 bits per heavy atom. The van der Waals surface area contributed by atoms with E-state index in [2.05, 4.69) is 0 Å². The predicted octanol–water partition coefficient (Wildman–Crippen LogP) is 5.38. The largest absolute Gasteiger partial charge is 0.507 e. The third kappa shape index (κ3) is 9.65. The predicted molar refractivity (Wildman–Crippen MR) is 138 cm³/mol. The zero-order valence-corrected chi connectivity index (χ0v) is 22.4. The molecule has 0 aromatic carbocycles. The van der Waals surface area contributed by atoms with E-state index in [0.29, 0.717) is 49.8 Å². The van der Waals surface area contributed by atoms with Gasteiger partial charge in [-0.2, -0.15) is 0 Å². The van der Waals surface area contributed by atoms with Crippen LogP contribution in [0.4, 0.5) is 0 Å². The van der Waals surface area contributed by atoms with Crippen LogP contribution in [0.1, 0.15) is 95.9 Å². The number of carboxylic acids is 1. The van der Waals surface area contributed by atoms with E-state index in [0.717, 1.165) is 11.1 Å². The number of hydrogen-bond acceptors (Lipinski definition) is 6. The van der Waals surface area contributed by atoms with E-state index < -0.39 is 23.1 Å². The summed E-state index contributed by atoms with van der Waals surface area (Å²) in [6.45, 7) is 12.6. The number of aromatic hydroxyl groups is 1. The zero-order chi connectivity index (χ0) is 26.9. The van der Waals surface area contributed by atoms with E-state index in [1.54, 1.807) is 19.9 Å². The Hall–Kier alpha value is -2.38. The highest BCUT2D eigenvalue weighted by Crippen LogP contribution is 2.31. The first kappa shape index (κ1) is 30.7. The van der Waals surface area contributed by atoms with Crippen LogP contribution in [-0.4, -0.2) is 38.6 Å². The van der Waals surface area contributed by atoms with E-state index in [9.17, 15) is 30.0 Å². The molecule has 1 aromatic rings. The molecule has 0 fully saturated rings. The second-order valence-corrected chi connectivity index (χ2v) is 10.3. The molecule has 4 unspecified atom stereocenters. The summed E-state index contributed by atoms with van der Waals surface area (Å²) in [6.07, 6.45) is 7.11. The van der Waals surface area contributed by atoms with Gasteiger partial charge in [-0.1, -0.05) is 43.6 Å². The molecule has 0 aliphatic heterocycles. The Bertz CT molecular complexity index is 968. The quantitative estimate of drug-likeness (QED) is 0.257. The van der Waals surface area contributed by atoms with Gasteiger partial charge in [-0.05, 0) is 72.6 Å². The summed E-state index contributed by atoms with van der Waals surface area (Å²) in [6, 6.07) is 0. The second-order valence-electron chi connectivity index (χ2n) is 10.3. The number of carboxylic acid groups (broad SMARTS) is 1. The molecule has 4 N–H and O–H groups in total. The van der Waals surface area contributed by atoms with Crippen molar-refractivity contribution in [3.63, 3.8) is 0 Å². The highest BCUT2D eigenvalue weighted by atomic mass is 16.4. The van der Waals surface area contributed by atoms with Crippen LogP contribution in [0, 0.1) is 25.7 Å². The summed E-state index contributed by atoms with van der Waals surface area (Å²) in [5.74, 6) is -1.31. The number of aliphatic hydroxyl groups is 2. The van der Waals surface area contributed by atoms with Crippen molar-refractivity contribution in [1.82, 2.24) is 0 Å². The van der Waals surface area contributed by atoms with E-state index in [1.807, 2.05) is 33.8 Å². The molecule has 1 aromatic heterocycles. The minimum Gasteiger partial charge on any atom is -0.507 e. The van der Waals surface area contributed by atoms with Crippen molar-refractivity contribution >= 4 is 5.97 Å². The van der Waals surface area contributed by atoms with Crippen molar-refractivity contribution in [3.8, 4) is 5.75 Å². The molecule has 1 rings (SSSR count). The lowest BCUT2D eigenvalue weighted by Crippen LogP contribution is -2.28. The van der Waals surface area contributed by atoms with Gasteiger partial charge in [-0.15, -0.1) is 0 Å². The highest BCUT2D eigenvalue weighted by molar-refractivity contribution is 5.72. The molecule has 0 saturated heterocycles. The molecular formula is C28H44O7. The van der Waals surface area contributed by atoms with Crippen LogP contribution in [-0.2, 0) is 4.79 Å². The Labute approximate surface area is 209 Å². The van der Waals surface area contributed by atoms with Crippen LogP contribution in [0.2, 0.25) is 0 Å². The average Bonchev–Trinajstić information content (AvgIpc) is 2.78. The standard InChI is InChI=1S/C28H44O7/c1-8-28(7,34)15-22(16-29)10-9-11-23(26(31)32)14-18(3)12-17(2)13-19(4)25-20(5)24(30)21(6)27(33)35-25/h12,14,19,22-23,29-30,34H,8-11,13,15-16H2,1-7H3,(H,31,32). The Kier molecular flexibility index (Phi) is 11.9. The molecule has 0 bridgehead atoms. The molecule has 0 aliphatic carbocycles. The lowest BCUT2D eigenvalue weighted by atomic mass is 9.86. The summed E-state index contributed by atoms with van der Waals surface area (Å²) < 4.78 is 5.42. The van der Waals surface area contributed by atoms with Crippen molar-refractivity contribution in [2.45, 2.75) is 98.5 Å². The van der Waals surface area contributed by atoms with Crippen molar-refractivity contribution < 1.29 is 29.6 Å². The topological polar surface area (TPSA) is 128 Å². The van der Waals surface area contributed by atoms with Crippen molar-refractivity contribution in [3.05, 3.63) is 50.6 Å². The van der Waals surface area contributed by atoms with E-state index >= 15 is 0 Å². The lowest BCUT2D eigenvalue weighted by molar-refractivity contribution is -0.140. The molecule has 0 amide bonds. The summed E-state index contributed by atoms with van der Waals surface area (Å²) >= 11 is 0. The second kappa shape index (κ2) is 13.6. The third-order valence-electron chi connectivity index (χ3n) is 6.80. The van der Waals surface area contributed by atoms with Gasteiger partial charge in [0, 0.05) is 18.1 Å². The molecule has 7 nitrogen and oxygen atoms in total. The molecule has 0 aliphatic rings. The maximum absolute atomic E-state index is 12.0. The number of aliphatic carboxylic acids is 1. The fourth-order valence-corrected chi connectivity index (χ4v) is 4.54. The van der Waals surface area contributed by atoms with Crippen LogP contribution >= 0.6 is 0 Å². The minimum absolute atomic E-state index is 0.0266. The Morgan fingerprint density at radius 1 is 1.17 bits per heavy atom. The molecular weight excluding hydrogens is 448 g/mol. The van der Waals surface area contributed by atoms with Gasteiger partial charge < -0.3 is 24.8 Å². The van der Waals surface area contributed by atoms with Crippen molar-refractivity contribution in [2.24, 2.45) is 11.8 Å². The van der Waals surface area contributed by atoms with Gasteiger partial charge in [0.15, 0.2) is 0 Å². The van der Waals surface area contributed by atoms with Crippen LogP contribution in [0.15, 0.2) is 32.5 Å². The van der Waals surface area contributed by atoms with E-state index in [1.165, 1.54) is 6.92 Å². The van der Waals surface area contributed by atoms with Crippen LogP contribution in [0.25, 0.3) is 0 Å². The van der Waals surface area contributed by atoms with Gasteiger partial charge in [0.05, 0.1) is 17.1 Å². The normalized spacial score (nSPS) is 17.1. The van der Waals surface area contributed by atoms with Gasteiger partial charge in [-0.25, -0.2) is 4.79 Å². The molecule has 0 radical (unpaired) electrons. The Morgan fingerprint density at radius 2 is 1.80 bits per heavy atom. The summed E-state index contributed by atoms with van der Waals surface area (Å²) in [5.41, 5.74) is 1.22. The Balaban J connectivity index is 2.84. The van der Waals surface area contributed by atoms with E-state index in [-0.39, 0.29) is 29.8 Å². The lowest BCUT2D eigenvalue weighted by Gasteiger charge is -2.26. The fraction of sp³-hybridized carbons (Fsp3) is 0.643. The van der Waals surface area contributed by atoms with E-state index in [4.69, 9.17) is 4.42 Å². The van der Waals surface area contributed by atoms with Gasteiger partial charge in [0.2, 0.25) is 0 Å². The zero-order valence-electron chi connectivity index (χ0n) is 22.4. The molecule has 35 heavy (non-hydrogen) atoms. The molecule has 0 saturated carbocycles. The SMILES string of the molecule is CCC(C)(O)CC(CO)CCCC(C=C(C)C=C(C)CC(C)c1oc(=O)c(C)c(O)c1C)C(=O)O. The minimum atomic E-state index is -0.891. The van der Waals surface area contributed by atoms with Crippen molar-refractivity contribution in [2.75, 3.05) is 6.61 Å². The maximum Gasteiger partial charge on any atom is 0.342 e. The molecule has 4 atom stereocenters. The average molecular weight is 493 g/mol. The molecule has 198 valence electrons. The number of rotatable bonds is 14. The number of aliphatic hydroxyl groups excluding tert-OH is 1. The summed E-state index contributed by atoms with van der Waals surface area (Å²) in [5, 5.41) is 39.7. The first-order valence-electron chi connectivity index (χ1n) is 12.5. The van der Waals surface area contributed by atoms with Gasteiger partial charge in [0.1, 0.15) is 11.5 Å². The van der Waals surface area contributed by atoms with Gasteiger partial charge in [-0.3, -0.25) is 4.79 Å². The van der Waals surface area contributed by atoms with Crippen LogP contribution in [0.3, 0.4) is 0 Å². The molecule has 7 heteroatoms. The first-order valence-corrected chi connectivity index (χ1v) is 12.5. The molecule has 1 heterocycles. The van der Waals surface area contributed by atoms with Crippen LogP contribution in [0.5, 0.6) is 5.75 Å².